The van der Waals surface area contributed by atoms with Gasteiger partial charge < -0.3 is 16.4 Å². The fourth-order valence-corrected chi connectivity index (χ4v) is 3.39. The number of nitrogens with zero attached hydrogens (tertiary/aromatic N) is 1. The van der Waals surface area contributed by atoms with Gasteiger partial charge in [-0.15, -0.1) is 0 Å². The molecule has 1 aliphatic heterocycles. The highest BCUT2D eigenvalue weighted by Gasteiger charge is 2.29. The van der Waals surface area contributed by atoms with Crippen LogP contribution in [-0.4, -0.2) is 37.0 Å². The summed E-state index contributed by atoms with van der Waals surface area (Å²) in [6.45, 7) is 1.03. The number of alkyl halides is 2. The number of benzene rings is 1. The molecule has 1 saturated carbocycles. The Balaban J connectivity index is 1.71. The Bertz CT molecular complexity index is 708. The first-order valence-electron chi connectivity index (χ1n) is 9.02. The van der Waals surface area contributed by atoms with E-state index in [-0.39, 0.29) is 11.6 Å². The molecular formula is C19H25F2N5. The summed E-state index contributed by atoms with van der Waals surface area (Å²) in [5, 5.41) is 14.2. The van der Waals surface area contributed by atoms with Gasteiger partial charge in [-0.2, -0.15) is 0 Å². The Labute approximate surface area is 152 Å². The highest BCUT2D eigenvalue weighted by molar-refractivity contribution is 6.26. The largest absolute Gasteiger partial charge is 0.388 e. The normalized spacial score (nSPS) is 22.2. The van der Waals surface area contributed by atoms with Crippen LogP contribution in [0.4, 0.5) is 20.2 Å². The van der Waals surface area contributed by atoms with Crippen LogP contribution in [0.2, 0.25) is 0 Å². The number of nitrogens with one attached hydrogen (secondary N) is 3. The minimum atomic E-state index is -2.83. The number of nitrogens with two attached hydrogens (primary N) is 1. The van der Waals surface area contributed by atoms with Gasteiger partial charge in [-0.25, -0.2) is 13.8 Å². The van der Waals surface area contributed by atoms with Crippen molar-refractivity contribution in [3.8, 4) is 0 Å². The van der Waals surface area contributed by atoms with Gasteiger partial charge in [-0.3, -0.25) is 5.41 Å². The minimum Gasteiger partial charge on any atom is -0.388 e. The predicted molar refractivity (Wildman–Crippen MR) is 102 cm³/mol. The molecule has 1 fully saturated rings. The lowest BCUT2D eigenvalue weighted by Crippen LogP contribution is -2.39. The second kappa shape index (κ2) is 8.40. The van der Waals surface area contributed by atoms with E-state index in [4.69, 9.17) is 11.1 Å². The van der Waals surface area contributed by atoms with E-state index in [1.807, 2.05) is 24.3 Å². The molecule has 5 N–H and O–H groups in total. The molecule has 2 aliphatic rings. The van der Waals surface area contributed by atoms with Crippen molar-refractivity contribution in [3.05, 3.63) is 36.0 Å². The van der Waals surface area contributed by atoms with Crippen molar-refractivity contribution >= 4 is 22.8 Å². The van der Waals surface area contributed by atoms with Gasteiger partial charge in [0.2, 0.25) is 0 Å². The Kier molecular flexibility index (Phi) is 5.98. The van der Waals surface area contributed by atoms with Crippen LogP contribution in [0.1, 0.15) is 25.7 Å². The Morgan fingerprint density at radius 1 is 1.38 bits per heavy atom. The highest BCUT2D eigenvalue weighted by Crippen LogP contribution is 2.32. The third-order valence-electron chi connectivity index (χ3n) is 4.94. The monoisotopic (exact) mass is 361 g/mol. The fraction of sp³-hybridized carbons (Fsp3) is 0.474. The van der Waals surface area contributed by atoms with E-state index < -0.39 is 12.1 Å². The minimum absolute atomic E-state index is 0.174. The van der Waals surface area contributed by atoms with Gasteiger partial charge in [0.25, 0.3) is 6.43 Å². The topological polar surface area (TPSA) is 86.3 Å². The second-order valence-electron chi connectivity index (χ2n) is 6.83. The summed E-state index contributed by atoms with van der Waals surface area (Å²) in [7, 11) is 0. The maximum absolute atomic E-state index is 13.2. The summed E-state index contributed by atoms with van der Waals surface area (Å²) < 4.78 is 26.3. The highest BCUT2D eigenvalue weighted by atomic mass is 19.3. The van der Waals surface area contributed by atoms with Gasteiger partial charge in [-0.1, -0.05) is 12.1 Å². The molecular weight excluding hydrogens is 336 g/mol. The van der Waals surface area contributed by atoms with Crippen molar-refractivity contribution in [1.82, 2.24) is 5.32 Å². The maximum atomic E-state index is 13.2. The number of fused-ring (bicyclic) bond motifs is 1. The van der Waals surface area contributed by atoms with Crippen molar-refractivity contribution in [3.63, 3.8) is 0 Å². The van der Waals surface area contributed by atoms with Gasteiger partial charge in [-0.05, 0) is 50.3 Å². The smallest absolute Gasteiger partial charge is 0.280 e. The second-order valence-corrected chi connectivity index (χ2v) is 6.83. The molecule has 0 spiro atoms. The Morgan fingerprint density at radius 3 is 2.88 bits per heavy atom. The zero-order valence-electron chi connectivity index (χ0n) is 14.6. The molecule has 0 saturated heterocycles. The molecule has 1 aliphatic carbocycles. The number of rotatable bonds is 8. The van der Waals surface area contributed by atoms with Crippen LogP contribution < -0.4 is 16.4 Å². The van der Waals surface area contributed by atoms with Crippen molar-refractivity contribution < 1.29 is 8.78 Å². The molecule has 3 rings (SSSR count). The lowest BCUT2D eigenvalue weighted by molar-refractivity contribution is 0.221. The lowest BCUT2D eigenvalue weighted by Gasteiger charge is -2.36. The van der Waals surface area contributed by atoms with Crippen LogP contribution in [0.3, 0.4) is 0 Å². The summed E-state index contributed by atoms with van der Waals surface area (Å²) in [5.74, 6) is 0.656. The third-order valence-corrected chi connectivity index (χ3v) is 4.94. The first kappa shape index (κ1) is 18.5. The zero-order valence-corrected chi connectivity index (χ0v) is 14.6. The zero-order chi connectivity index (χ0) is 18.5. The standard InChI is InChI=1S/C19H25F2N5/c20-19(21)18(23)14(10-24-13-8-12(9-13)4-3-7-22)17-11-25-15-5-1-2-6-16(15)26-17/h1-2,5-6,10,12-13,19,23-25H,3-4,7-9,11,22H2/b14-10-,23-18?/t12-,13-. The molecule has 26 heavy (non-hydrogen) atoms. The number of hydrogen-bond acceptors (Lipinski definition) is 5. The molecule has 0 radical (unpaired) electrons. The molecule has 0 atom stereocenters. The SMILES string of the molecule is N=C(/C(=C\N[C@H]1C[C@H](CCCN)C1)C1=Nc2ccccc2NC1)C(F)F. The summed E-state index contributed by atoms with van der Waals surface area (Å²) >= 11 is 0. The van der Waals surface area contributed by atoms with E-state index >= 15 is 0 Å². The molecule has 0 unspecified atom stereocenters. The molecule has 5 nitrogen and oxygen atoms in total. The summed E-state index contributed by atoms with van der Waals surface area (Å²) in [4.78, 5) is 4.48. The van der Waals surface area contributed by atoms with Gasteiger partial charge in [0.1, 0.15) is 5.71 Å². The van der Waals surface area contributed by atoms with Gasteiger partial charge in [0, 0.05) is 17.8 Å². The van der Waals surface area contributed by atoms with E-state index in [9.17, 15) is 8.78 Å². The number of halogens is 2. The lowest BCUT2D eigenvalue weighted by atomic mass is 9.77. The predicted octanol–water partition coefficient (Wildman–Crippen LogP) is 3.46. The van der Waals surface area contributed by atoms with E-state index in [0.29, 0.717) is 30.4 Å². The van der Waals surface area contributed by atoms with Crippen molar-refractivity contribution in [2.24, 2.45) is 16.6 Å². The van der Waals surface area contributed by atoms with Crippen molar-refractivity contribution in [2.75, 3.05) is 18.4 Å². The molecule has 7 heteroatoms. The van der Waals surface area contributed by atoms with Gasteiger partial charge in [0.05, 0.1) is 23.6 Å². The summed E-state index contributed by atoms with van der Waals surface area (Å²) in [6.07, 6.45) is 2.88. The number of para-hydroxylation sites is 2. The van der Waals surface area contributed by atoms with Crippen LogP contribution in [0.25, 0.3) is 0 Å². The Hall–Kier alpha value is -2.28. The van der Waals surface area contributed by atoms with Gasteiger partial charge in [0.15, 0.2) is 0 Å². The van der Waals surface area contributed by atoms with Crippen LogP contribution in [0, 0.1) is 11.3 Å². The van der Waals surface area contributed by atoms with Crippen molar-refractivity contribution in [1.29, 1.82) is 5.41 Å². The number of aliphatic imine (C=N–C) groups is 1. The van der Waals surface area contributed by atoms with E-state index in [2.05, 4.69) is 15.6 Å². The average molecular weight is 361 g/mol. The first-order valence-corrected chi connectivity index (χ1v) is 9.02. The van der Waals surface area contributed by atoms with Crippen LogP contribution >= 0.6 is 0 Å². The molecule has 0 bridgehead atoms. The third kappa shape index (κ3) is 4.27. The average Bonchev–Trinajstić information content (AvgIpc) is 2.62. The molecule has 1 aromatic carbocycles. The molecule has 1 heterocycles. The van der Waals surface area contributed by atoms with E-state index in [1.165, 1.54) is 0 Å². The molecule has 0 aromatic heterocycles. The quantitative estimate of drug-likeness (QED) is 0.535. The summed E-state index contributed by atoms with van der Waals surface area (Å²) in [6, 6.07) is 7.73. The summed E-state index contributed by atoms with van der Waals surface area (Å²) in [5.41, 5.74) is 7.03. The fourth-order valence-electron chi connectivity index (χ4n) is 3.39. The molecule has 0 amide bonds. The van der Waals surface area contributed by atoms with Crippen LogP contribution in [0.5, 0.6) is 0 Å². The maximum Gasteiger partial charge on any atom is 0.280 e. The first-order chi connectivity index (χ1) is 12.6. The van der Waals surface area contributed by atoms with E-state index in [0.717, 1.165) is 31.4 Å². The van der Waals surface area contributed by atoms with E-state index in [1.54, 1.807) is 6.20 Å². The van der Waals surface area contributed by atoms with Gasteiger partial charge >= 0.3 is 0 Å². The molecule has 1 aromatic rings. The van der Waals surface area contributed by atoms with Crippen LogP contribution in [-0.2, 0) is 0 Å². The number of hydrogen-bond donors (Lipinski definition) is 4. The molecule has 140 valence electrons. The van der Waals surface area contributed by atoms with Crippen LogP contribution in [0.15, 0.2) is 41.0 Å². The Morgan fingerprint density at radius 2 is 2.15 bits per heavy atom. The number of anilines is 1. The van der Waals surface area contributed by atoms with Crippen molar-refractivity contribution in [2.45, 2.75) is 38.2 Å².